The zero-order chi connectivity index (χ0) is 17.8. The summed E-state index contributed by atoms with van der Waals surface area (Å²) in [5.41, 5.74) is 0. The molecule has 1 fully saturated rings. The van der Waals surface area contributed by atoms with Crippen molar-refractivity contribution in [2.75, 3.05) is 18.4 Å². The molecule has 2 N–H and O–H groups in total. The molecular weight excluding hydrogens is 342 g/mol. The Morgan fingerprint density at radius 2 is 2.12 bits per heavy atom. The number of rotatable bonds is 5. The Kier molecular flexibility index (Phi) is 5.55. The highest BCUT2D eigenvalue weighted by Gasteiger charge is 2.23. The van der Waals surface area contributed by atoms with Crippen LogP contribution in [-0.2, 0) is 11.8 Å². The van der Waals surface area contributed by atoms with E-state index in [1.54, 1.807) is 36.9 Å². The number of ether oxygens (including phenoxy) is 1. The van der Waals surface area contributed by atoms with Crippen LogP contribution in [0.25, 0.3) is 0 Å². The first kappa shape index (κ1) is 17.7. The van der Waals surface area contributed by atoms with Gasteiger partial charge < -0.3 is 10.1 Å². The van der Waals surface area contributed by atoms with Gasteiger partial charge in [-0.1, -0.05) is 23.7 Å². The van der Waals surface area contributed by atoms with Crippen LogP contribution in [0.15, 0.2) is 24.3 Å². The van der Waals surface area contributed by atoms with Crippen LogP contribution in [0.4, 0.5) is 5.95 Å². The maximum Gasteiger partial charge on any atom is 0.267 e. The predicted molar refractivity (Wildman–Crippen MR) is 96.0 cm³/mol. The molecule has 0 bridgehead atoms. The van der Waals surface area contributed by atoms with Crippen molar-refractivity contribution in [2.45, 2.75) is 31.8 Å². The van der Waals surface area contributed by atoms with E-state index in [1.165, 1.54) is 0 Å². The summed E-state index contributed by atoms with van der Waals surface area (Å²) in [6.45, 7) is 3.60. The number of hydrogen-bond donors (Lipinski definition) is 2. The Balaban J connectivity index is 1.64. The Hall–Kier alpha value is -2.12. The molecule has 1 aliphatic heterocycles. The van der Waals surface area contributed by atoms with Crippen molar-refractivity contribution in [3.05, 3.63) is 35.1 Å². The molecule has 0 aliphatic carbocycles. The summed E-state index contributed by atoms with van der Waals surface area (Å²) in [5.74, 6) is 1.70. The van der Waals surface area contributed by atoms with Gasteiger partial charge in [-0.2, -0.15) is 10.1 Å². The van der Waals surface area contributed by atoms with Crippen molar-refractivity contribution in [1.29, 1.82) is 0 Å². The summed E-state index contributed by atoms with van der Waals surface area (Å²) in [6, 6.07) is 7.06. The highest BCUT2D eigenvalue weighted by Crippen LogP contribution is 2.25. The first-order valence-corrected chi connectivity index (χ1v) is 8.76. The lowest BCUT2D eigenvalue weighted by atomic mass is 9.98. The number of hydrogen-bond acceptors (Lipinski definition) is 5. The van der Waals surface area contributed by atoms with Crippen LogP contribution in [0.5, 0.6) is 5.75 Å². The van der Waals surface area contributed by atoms with Gasteiger partial charge in [-0.25, -0.2) is 4.68 Å². The minimum atomic E-state index is -0.709. The minimum absolute atomic E-state index is 0.299. The molecule has 1 aliphatic rings. The minimum Gasteiger partial charge on any atom is -0.479 e. The van der Waals surface area contributed by atoms with Gasteiger partial charge in [-0.3, -0.25) is 10.1 Å². The van der Waals surface area contributed by atoms with E-state index in [0.717, 1.165) is 31.8 Å². The molecule has 8 heteroatoms. The summed E-state index contributed by atoms with van der Waals surface area (Å²) in [5, 5.41) is 11.0. The summed E-state index contributed by atoms with van der Waals surface area (Å²) in [7, 11) is 1.77. The summed E-state index contributed by atoms with van der Waals surface area (Å²) >= 11 is 6.06. The van der Waals surface area contributed by atoms with Gasteiger partial charge in [0.25, 0.3) is 5.91 Å². The van der Waals surface area contributed by atoms with Crippen molar-refractivity contribution in [1.82, 2.24) is 20.1 Å². The van der Waals surface area contributed by atoms with Crippen molar-refractivity contribution in [3.8, 4) is 5.75 Å². The van der Waals surface area contributed by atoms with Crippen molar-refractivity contribution in [3.63, 3.8) is 0 Å². The number of carbonyl (C=O) groups is 1. The molecule has 25 heavy (non-hydrogen) atoms. The van der Waals surface area contributed by atoms with Gasteiger partial charge in [0.1, 0.15) is 5.75 Å². The number of aryl methyl sites for hydroxylation is 1. The number of aromatic nitrogens is 3. The zero-order valence-corrected chi connectivity index (χ0v) is 15.1. The quantitative estimate of drug-likeness (QED) is 0.852. The SMILES string of the molecule is CC(Oc1ccccc1Cl)C(=O)Nc1nc(C2CCNCC2)nn1C. The highest BCUT2D eigenvalue weighted by atomic mass is 35.5. The van der Waals surface area contributed by atoms with E-state index in [1.807, 2.05) is 6.07 Å². The van der Waals surface area contributed by atoms with Gasteiger partial charge in [-0.05, 0) is 45.0 Å². The molecule has 0 saturated carbocycles. The molecule has 1 saturated heterocycles. The maximum atomic E-state index is 12.4. The average molecular weight is 364 g/mol. The maximum absolute atomic E-state index is 12.4. The fourth-order valence-electron chi connectivity index (χ4n) is 2.76. The van der Waals surface area contributed by atoms with Crippen molar-refractivity contribution >= 4 is 23.5 Å². The van der Waals surface area contributed by atoms with E-state index >= 15 is 0 Å². The molecule has 0 radical (unpaired) electrons. The van der Waals surface area contributed by atoms with Gasteiger partial charge >= 0.3 is 0 Å². The van der Waals surface area contributed by atoms with Gasteiger partial charge in [-0.15, -0.1) is 0 Å². The third-order valence-corrected chi connectivity index (χ3v) is 4.54. The number of anilines is 1. The lowest BCUT2D eigenvalue weighted by Gasteiger charge is -2.19. The standard InChI is InChI=1S/C17H22ClN5O2/c1-11(25-14-6-4-3-5-13(14)18)16(24)21-17-20-15(22-23(17)2)12-7-9-19-10-8-12/h3-6,11-12,19H,7-10H2,1-2H3,(H,20,21,22,24). The van der Waals surface area contributed by atoms with Crippen molar-refractivity contribution in [2.24, 2.45) is 7.05 Å². The first-order chi connectivity index (χ1) is 12.0. The van der Waals surface area contributed by atoms with Crippen LogP contribution < -0.4 is 15.4 Å². The molecule has 3 rings (SSSR count). The second kappa shape index (κ2) is 7.84. The monoisotopic (exact) mass is 363 g/mol. The molecule has 1 unspecified atom stereocenters. The topological polar surface area (TPSA) is 81.1 Å². The predicted octanol–water partition coefficient (Wildman–Crippen LogP) is 2.34. The van der Waals surface area contributed by atoms with E-state index in [-0.39, 0.29) is 5.91 Å². The molecule has 0 spiro atoms. The van der Waals surface area contributed by atoms with Crippen LogP contribution in [0.2, 0.25) is 5.02 Å². The number of piperidine rings is 1. The van der Waals surface area contributed by atoms with Crippen LogP contribution in [0.1, 0.15) is 31.5 Å². The Morgan fingerprint density at radius 3 is 2.84 bits per heavy atom. The van der Waals surface area contributed by atoms with Crippen LogP contribution in [0, 0.1) is 0 Å². The van der Waals surface area contributed by atoms with Crippen LogP contribution >= 0.6 is 11.6 Å². The number of carbonyl (C=O) groups excluding carboxylic acids is 1. The fraction of sp³-hybridized carbons (Fsp3) is 0.471. The zero-order valence-electron chi connectivity index (χ0n) is 14.3. The Bertz CT molecular complexity index is 742. The normalized spacial score (nSPS) is 16.4. The molecule has 1 aromatic carbocycles. The molecule has 2 heterocycles. The third-order valence-electron chi connectivity index (χ3n) is 4.23. The van der Waals surface area contributed by atoms with Gasteiger partial charge in [0, 0.05) is 13.0 Å². The molecular formula is C17H22ClN5O2. The molecule has 7 nitrogen and oxygen atoms in total. The largest absolute Gasteiger partial charge is 0.479 e. The first-order valence-electron chi connectivity index (χ1n) is 8.38. The van der Waals surface area contributed by atoms with Crippen LogP contribution in [-0.4, -0.2) is 39.9 Å². The lowest BCUT2D eigenvalue weighted by Crippen LogP contribution is -2.31. The number of amides is 1. The van der Waals surface area contributed by atoms with E-state index in [0.29, 0.717) is 22.6 Å². The Labute approximate surface area is 151 Å². The fourth-order valence-corrected chi connectivity index (χ4v) is 2.94. The van der Waals surface area contributed by atoms with Crippen molar-refractivity contribution < 1.29 is 9.53 Å². The molecule has 1 aromatic heterocycles. The molecule has 2 aromatic rings. The number of para-hydroxylation sites is 1. The number of benzene rings is 1. The van der Waals surface area contributed by atoms with E-state index in [9.17, 15) is 4.79 Å². The van der Waals surface area contributed by atoms with E-state index in [4.69, 9.17) is 16.3 Å². The average Bonchev–Trinajstić information content (AvgIpc) is 2.98. The van der Waals surface area contributed by atoms with Crippen LogP contribution in [0.3, 0.4) is 0 Å². The smallest absolute Gasteiger partial charge is 0.267 e. The molecule has 134 valence electrons. The third kappa shape index (κ3) is 4.29. The summed E-state index contributed by atoms with van der Waals surface area (Å²) in [6.07, 6.45) is 1.30. The Morgan fingerprint density at radius 1 is 1.40 bits per heavy atom. The van der Waals surface area contributed by atoms with Gasteiger partial charge in [0.2, 0.25) is 5.95 Å². The number of nitrogens with one attached hydrogen (secondary N) is 2. The summed E-state index contributed by atoms with van der Waals surface area (Å²) in [4.78, 5) is 16.9. The van der Waals surface area contributed by atoms with Gasteiger partial charge in [0.15, 0.2) is 11.9 Å². The molecule has 1 atom stereocenters. The molecule has 1 amide bonds. The van der Waals surface area contributed by atoms with Gasteiger partial charge in [0.05, 0.1) is 5.02 Å². The highest BCUT2D eigenvalue weighted by molar-refractivity contribution is 6.32. The van der Waals surface area contributed by atoms with E-state index in [2.05, 4.69) is 20.7 Å². The van der Waals surface area contributed by atoms with E-state index < -0.39 is 6.10 Å². The summed E-state index contributed by atoms with van der Waals surface area (Å²) < 4.78 is 7.23. The second-order valence-electron chi connectivity index (χ2n) is 6.12. The number of nitrogens with zero attached hydrogens (tertiary/aromatic N) is 3. The second-order valence-corrected chi connectivity index (χ2v) is 6.53. The number of halogens is 1. The lowest BCUT2D eigenvalue weighted by molar-refractivity contribution is -0.122.